The average molecular weight is 339 g/mol. The van der Waals surface area contributed by atoms with Gasteiger partial charge in [-0.3, -0.25) is 14.3 Å². The largest absolute Gasteiger partial charge is 0.335 e. The first-order valence-corrected chi connectivity index (χ1v) is 8.67. The normalized spacial score (nSPS) is 18.0. The fourth-order valence-corrected chi connectivity index (χ4v) is 3.51. The molecule has 0 saturated carbocycles. The van der Waals surface area contributed by atoms with Gasteiger partial charge in [0.25, 0.3) is 11.7 Å². The molecule has 4 rings (SSSR count). The maximum atomic E-state index is 13.0. The van der Waals surface area contributed by atoms with Gasteiger partial charge in [0, 0.05) is 36.6 Å². The number of piperidine rings is 1. The summed E-state index contributed by atoms with van der Waals surface area (Å²) in [7, 11) is 0. The Bertz CT molecular complexity index is 913. The molecule has 25 heavy (non-hydrogen) atoms. The number of nitrogens with zero attached hydrogens (tertiary/aromatic N) is 6. The van der Waals surface area contributed by atoms with E-state index in [0.29, 0.717) is 18.1 Å². The number of aromatic nitrogens is 6. The molecule has 8 nitrogen and oxygen atoms in total. The van der Waals surface area contributed by atoms with Crippen LogP contribution in [0.15, 0.2) is 18.5 Å². The minimum Gasteiger partial charge on any atom is -0.335 e. The number of hydrogen-bond donors (Lipinski definition) is 1. The zero-order chi connectivity index (χ0) is 17.4. The van der Waals surface area contributed by atoms with E-state index in [-0.39, 0.29) is 11.8 Å². The Kier molecular flexibility index (Phi) is 3.95. The average Bonchev–Trinajstić information content (AvgIpc) is 3.27. The molecule has 1 fully saturated rings. The van der Waals surface area contributed by atoms with Crippen molar-refractivity contribution >= 4 is 11.7 Å². The smallest absolute Gasteiger partial charge is 0.292 e. The molecule has 8 heteroatoms. The van der Waals surface area contributed by atoms with Crippen LogP contribution in [0.3, 0.4) is 0 Å². The Morgan fingerprint density at radius 2 is 2.28 bits per heavy atom. The second-order valence-electron chi connectivity index (χ2n) is 6.52. The number of likely N-dealkylation sites (tertiary alicyclic amines) is 1. The van der Waals surface area contributed by atoms with E-state index in [1.165, 1.54) is 5.56 Å². The first kappa shape index (κ1) is 15.7. The van der Waals surface area contributed by atoms with Crippen LogP contribution in [0.25, 0.3) is 5.78 Å². The second-order valence-corrected chi connectivity index (χ2v) is 6.52. The molecule has 4 heterocycles. The molecular formula is C17H21N7O. The van der Waals surface area contributed by atoms with E-state index in [2.05, 4.69) is 32.3 Å². The number of carbonyl (C=O) groups excluding carboxylic acids is 1. The van der Waals surface area contributed by atoms with Gasteiger partial charge >= 0.3 is 0 Å². The molecule has 1 aliphatic rings. The van der Waals surface area contributed by atoms with Gasteiger partial charge in [0.1, 0.15) is 0 Å². The molecule has 3 aromatic heterocycles. The molecule has 0 unspecified atom stereocenters. The lowest BCUT2D eigenvalue weighted by Gasteiger charge is -2.32. The second kappa shape index (κ2) is 6.27. The molecule has 0 radical (unpaired) electrons. The molecule has 0 bridgehead atoms. The highest BCUT2D eigenvalue weighted by atomic mass is 16.2. The van der Waals surface area contributed by atoms with E-state index >= 15 is 0 Å². The van der Waals surface area contributed by atoms with Crippen LogP contribution < -0.4 is 0 Å². The lowest BCUT2D eigenvalue weighted by Crippen LogP contribution is -2.40. The van der Waals surface area contributed by atoms with Crippen molar-refractivity contribution in [3.63, 3.8) is 0 Å². The van der Waals surface area contributed by atoms with Crippen LogP contribution in [0.5, 0.6) is 0 Å². The van der Waals surface area contributed by atoms with Gasteiger partial charge < -0.3 is 4.90 Å². The standard InChI is InChI=1S/C17H21N7O/c1-3-12-9-18-20-14(12)13-5-4-7-23(10-13)16(25)15-21-22-17-19-11(2)6-8-24(15)17/h6,8-9,13H,3-5,7,10H2,1-2H3,(H,18,20)/t13-/m0/s1. The van der Waals surface area contributed by atoms with E-state index < -0.39 is 0 Å². The number of hydrogen-bond acceptors (Lipinski definition) is 5. The van der Waals surface area contributed by atoms with Crippen LogP contribution in [-0.2, 0) is 6.42 Å². The van der Waals surface area contributed by atoms with Gasteiger partial charge in [-0.15, -0.1) is 10.2 Å². The predicted octanol–water partition coefficient (Wildman–Crippen LogP) is 1.74. The van der Waals surface area contributed by atoms with E-state index in [1.54, 1.807) is 10.6 Å². The topological polar surface area (TPSA) is 92.1 Å². The minimum absolute atomic E-state index is 0.0968. The van der Waals surface area contributed by atoms with Crippen LogP contribution in [0.1, 0.15) is 53.3 Å². The van der Waals surface area contributed by atoms with Crippen LogP contribution in [0, 0.1) is 6.92 Å². The number of fused-ring (bicyclic) bond motifs is 1. The van der Waals surface area contributed by atoms with Gasteiger partial charge in [-0.25, -0.2) is 4.98 Å². The zero-order valence-electron chi connectivity index (χ0n) is 14.4. The Hall–Kier alpha value is -2.77. The molecule has 130 valence electrons. The number of amides is 1. The third kappa shape index (κ3) is 2.77. The fourth-order valence-electron chi connectivity index (χ4n) is 3.51. The van der Waals surface area contributed by atoms with Gasteiger partial charge in [-0.05, 0) is 37.8 Å². The van der Waals surface area contributed by atoms with Crippen LogP contribution >= 0.6 is 0 Å². The molecule has 1 amide bonds. The predicted molar refractivity (Wildman–Crippen MR) is 91.4 cm³/mol. The van der Waals surface area contributed by atoms with Crippen molar-refractivity contribution in [2.45, 2.75) is 39.0 Å². The Morgan fingerprint density at radius 1 is 1.40 bits per heavy atom. The number of aryl methyl sites for hydroxylation is 2. The highest BCUT2D eigenvalue weighted by Crippen LogP contribution is 2.28. The van der Waals surface area contributed by atoms with Crippen LogP contribution in [0.2, 0.25) is 0 Å². The number of H-pyrrole nitrogens is 1. The monoisotopic (exact) mass is 339 g/mol. The van der Waals surface area contributed by atoms with Gasteiger partial charge in [-0.1, -0.05) is 6.92 Å². The summed E-state index contributed by atoms with van der Waals surface area (Å²) in [5, 5.41) is 15.4. The maximum Gasteiger partial charge on any atom is 0.292 e. The molecule has 1 N–H and O–H groups in total. The summed E-state index contributed by atoms with van der Waals surface area (Å²) in [5.41, 5.74) is 3.23. The van der Waals surface area contributed by atoms with E-state index in [9.17, 15) is 4.79 Å². The number of nitrogens with one attached hydrogen (secondary N) is 1. The molecule has 1 atom stereocenters. The third-order valence-electron chi connectivity index (χ3n) is 4.86. The van der Waals surface area contributed by atoms with E-state index in [1.807, 2.05) is 24.1 Å². The molecular weight excluding hydrogens is 318 g/mol. The molecule has 0 spiro atoms. The fraction of sp³-hybridized carbons (Fsp3) is 0.471. The van der Waals surface area contributed by atoms with E-state index in [4.69, 9.17) is 0 Å². The van der Waals surface area contributed by atoms with Crippen molar-refractivity contribution in [3.05, 3.63) is 41.2 Å². The van der Waals surface area contributed by atoms with Crippen molar-refractivity contribution in [1.82, 2.24) is 34.7 Å². The number of rotatable bonds is 3. The summed E-state index contributed by atoms with van der Waals surface area (Å²) in [5.74, 6) is 0.970. The summed E-state index contributed by atoms with van der Waals surface area (Å²) in [6.07, 6.45) is 6.65. The van der Waals surface area contributed by atoms with E-state index in [0.717, 1.165) is 37.2 Å². The molecule has 3 aromatic rings. The van der Waals surface area contributed by atoms with Crippen LogP contribution in [-0.4, -0.2) is 53.7 Å². The highest BCUT2D eigenvalue weighted by Gasteiger charge is 2.29. The Morgan fingerprint density at radius 3 is 3.12 bits per heavy atom. The van der Waals surface area contributed by atoms with Gasteiger partial charge in [0.2, 0.25) is 5.82 Å². The lowest BCUT2D eigenvalue weighted by atomic mass is 9.92. The van der Waals surface area contributed by atoms with Gasteiger partial charge in [-0.2, -0.15) is 5.10 Å². The van der Waals surface area contributed by atoms with Crippen molar-refractivity contribution < 1.29 is 4.79 Å². The highest BCUT2D eigenvalue weighted by molar-refractivity contribution is 5.91. The molecule has 1 saturated heterocycles. The lowest BCUT2D eigenvalue weighted by molar-refractivity contribution is 0.0691. The van der Waals surface area contributed by atoms with Gasteiger partial charge in [0.15, 0.2) is 0 Å². The maximum absolute atomic E-state index is 13.0. The Balaban J connectivity index is 1.59. The number of carbonyl (C=O) groups is 1. The summed E-state index contributed by atoms with van der Waals surface area (Å²) in [6.45, 7) is 5.42. The summed E-state index contributed by atoms with van der Waals surface area (Å²) in [4.78, 5) is 19.2. The zero-order valence-corrected chi connectivity index (χ0v) is 14.4. The van der Waals surface area contributed by atoms with Crippen molar-refractivity contribution in [2.24, 2.45) is 0 Å². The Labute approximate surface area is 145 Å². The molecule has 0 aromatic carbocycles. The van der Waals surface area contributed by atoms with Crippen molar-refractivity contribution in [2.75, 3.05) is 13.1 Å². The first-order valence-electron chi connectivity index (χ1n) is 8.67. The quantitative estimate of drug-likeness (QED) is 0.785. The summed E-state index contributed by atoms with van der Waals surface area (Å²) >= 11 is 0. The van der Waals surface area contributed by atoms with Gasteiger partial charge in [0.05, 0.1) is 6.20 Å². The molecule has 0 aliphatic carbocycles. The number of aromatic amines is 1. The minimum atomic E-state index is -0.0968. The van der Waals surface area contributed by atoms with Crippen LogP contribution in [0.4, 0.5) is 0 Å². The van der Waals surface area contributed by atoms with Crippen molar-refractivity contribution in [1.29, 1.82) is 0 Å². The SMILES string of the molecule is CCc1cn[nH]c1[C@H]1CCCN(C(=O)c2nnc3nc(C)ccn23)C1. The molecule has 1 aliphatic heterocycles. The first-order chi connectivity index (χ1) is 12.2. The summed E-state index contributed by atoms with van der Waals surface area (Å²) in [6, 6.07) is 1.85. The van der Waals surface area contributed by atoms with Crippen molar-refractivity contribution in [3.8, 4) is 0 Å². The third-order valence-corrected chi connectivity index (χ3v) is 4.86. The summed E-state index contributed by atoms with van der Waals surface area (Å²) < 4.78 is 1.66.